The number of carboxylic acids is 1. The summed E-state index contributed by atoms with van der Waals surface area (Å²) in [6.45, 7) is 1.13. The second-order valence-electron chi connectivity index (χ2n) is 4.48. The van der Waals surface area contributed by atoms with Gasteiger partial charge in [0.05, 0.1) is 4.90 Å². The van der Waals surface area contributed by atoms with Gasteiger partial charge in [0.25, 0.3) is 10.0 Å². The van der Waals surface area contributed by atoms with Gasteiger partial charge in [0, 0.05) is 19.2 Å². The maximum atomic E-state index is 12.0. The summed E-state index contributed by atoms with van der Waals surface area (Å²) in [6.07, 6.45) is 0.665. The normalized spacial score (nSPS) is 14.0. The number of anilines is 1. The van der Waals surface area contributed by atoms with Crippen molar-refractivity contribution in [2.75, 3.05) is 18.1 Å². The second-order valence-corrected chi connectivity index (χ2v) is 6.13. The summed E-state index contributed by atoms with van der Waals surface area (Å²) in [7, 11) is -4.00. The van der Waals surface area contributed by atoms with Crippen molar-refractivity contribution in [2.24, 2.45) is 0 Å². The molecule has 2 rings (SSSR count). The van der Waals surface area contributed by atoms with E-state index in [1.54, 1.807) is 11.0 Å². The zero-order valence-corrected chi connectivity index (χ0v) is 12.0. The number of amides is 1. The summed E-state index contributed by atoms with van der Waals surface area (Å²) in [4.78, 5) is 29.3. The summed E-state index contributed by atoms with van der Waals surface area (Å²) in [6, 6.07) is 4.38. The van der Waals surface area contributed by atoms with Crippen LogP contribution in [0.2, 0.25) is 0 Å². The first kappa shape index (κ1) is 15.4. The van der Waals surface area contributed by atoms with E-state index in [4.69, 9.17) is 5.11 Å². The van der Waals surface area contributed by atoms with E-state index in [0.29, 0.717) is 18.7 Å². The largest absolute Gasteiger partial charge is 0.479 e. The number of carboxylic acid groups (broad SMARTS) is 1. The van der Waals surface area contributed by atoms with E-state index in [2.05, 4.69) is 4.84 Å². The van der Waals surface area contributed by atoms with Crippen LogP contribution < -0.4 is 9.79 Å². The number of benzene rings is 1. The molecule has 114 valence electrons. The first-order valence-corrected chi connectivity index (χ1v) is 7.56. The second kappa shape index (κ2) is 5.80. The van der Waals surface area contributed by atoms with Gasteiger partial charge in [-0.2, -0.15) is 0 Å². The molecule has 1 aromatic rings. The third kappa shape index (κ3) is 3.38. The molecule has 0 radical (unpaired) electrons. The lowest BCUT2D eigenvalue weighted by Crippen LogP contribution is -2.28. The fourth-order valence-corrected chi connectivity index (χ4v) is 2.89. The number of fused-ring (bicyclic) bond motifs is 1. The van der Waals surface area contributed by atoms with Gasteiger partial charge in [0.1, 0.15) is 0 Å². The molecule has 0 bridgehead atoms. The quantitative estimate of drug-likeness (QED) is 0.733. The lowest BCUT2D eigenvalue weighted by Gasteiger charge is -2.15. The van der Waals surface area contributed by atoms with E-state index in [-0.39, 0.29) is 10.8 Å². The summed E-state index contributed by atoms with van der Waals surface area (Å²) in [5.41, 5.74) is 1.43. The molecule has 0 aromatic heterocycles. The van der Waals surface area contributed by atoms with Crippen LogP contribution in [0.4, 0.5) is 5.69 Å². The predicted octanol–water partition coefficient (Wildman–Crippen LogP) is -0.110. The van der Waals surface area contributed by atoms with Crippen molar-refractivity contribution in [3.8, 4) is 0 Å². The average Bonchev–Trinajstić information content (AvgIpc) is 2.80. The number of sulfonamides is 1. The Balaban J connectivity index is 2.23. The van der Waals surface area contributed by atoms with Gasteiger partial charge in [-0.05, 0) is 24.1 Å². The van der Waals surface area contributed by atoms with E-state index < -0.39 is 22.6 Å². The van der Waals surface area contributed by atoms with Crippen LogP contribution in [-0.4, -0.2) is 38.6 Å². The van der Waals surface area contributed by atoms with Gasteiger partial charge in [0.15, 0.2) is 6.61 Å². The lowest BCUT2D eigenvalue weighted by molar-refractivity contribution is -0.143. The average molecular weight is 314 g/mol. The molecule has 0 saturated heterocycles. The zero-order valence-electron chi connectivity index (χ0n) is 11.2. The highest BCUT2D eigenvalue weighted by molar-refractivity contribution is 7.89. The van der Waals surface area contributed by atoms with E-state index in [1.165, 1.54) is 24.0 Å². The van der Waals surface area contributed by atoms with Crippen molar-refractivity contribution >= 4 is 27.6 Å². The third-order valence-corrected chi connectivity index (χ3v) is 4.22. The van der Waals surface area contributed by atoms with Crippen LogP contribution in [0.15, 0.2) is 23.1 Å². The van der Waals surface area contributed by atoms with Gasteiger partial charge in [-0.3, -0.25) is 9.63 Å². The highest BCUT2D eigenvalue weighted by Gasteiger charge is 2.25. The number of nitrogens with zero attached hydrogens (tertiary/aromatic N) is 1. The van der Waals surface area contributed by atoms with Gasteiger partial charge < -0.3 is 10.0 Å². The number of aliphatic carboxylic acids is 1. The Hall–Kier alpha value is -1.97. The molecule has 1 amide bonds. The number of hydrogen-bond donors (Lipinski definition) is 2. The van der Waals surface area contributed by atoms with E-state index in [1.807, 2.05) is 0 Å². The number of carbonyl (C=O) groups excluding carboxylic acids is 1. The van der Waals surface area contributed by atoms with Crippen LogP contribution in [0.5, 0.6) is 0 Å². The molecule has 0 spiro atoms. The first-order valence-electron chi connectivity index (χ1n) is 6.07. The summed E-state index contributed by atoms with van der Waals surface area (Å²) in [5.74, 6) is -1.47. The fraction of sp³-hybridized carbons (Fsp3) is 0.333. The predicted molar refractivity (Wildman–Crippen MR) is 72.1 cm³/mol. The number of nitrogens with one attached hydrogen (secondary N) is 1. The Kier molecular flexibility index (Phi) is 4.26. The van der Waals surface area contributed by atoms with Gasteiger partial charge in [-0.1, -0.05) is 11.0 Å². The molecule has 1 aromatic carbocycles. The standard InChI is InChI=1S/C12H14N2O6S/c1-8(15)14-5-4-9-2-3-10(6-11(9)14)21(18,19)13-20-7-12(16)17/h2-3,6,13H,4-5,7H2,1H3,(H,16,17). The maximum absolute atomic E-state index is 12.0. The van der Waals surface area contributed by atoms with Crippen molar-refractivity contribution < 1.29 is 28.0 Å². The monoisotopic (exact) mass is 314 g/mol. The Labute approximate surface area is 121 Å². The fourth-order valence-electron chi connectivity index (χ4n) is 2.07. The molecule has 2 N–H and O–H groups in total. The molecule has 0 atom stereocenters. The molecule has 0 unspecified atom stereocenters. The minimum absolute atomic E-state index is 0.0974. The summed E-state index contributed by atoms with van der Waals surface area (Å²) in [5, 5.41) is 8.40. The third-order valence-electron chi connectivity index (χ3n) is 3.01. The van der Waals surface area contributed by atoms with Crippen LogP contribution in [-0.2, 0) is 30.9 Å². The molecule has 0 fully saturated rings. The van der Waals surface area contributed by atoms with E-state index >= 15 is 0 Å². The Bertz CT molecular complexity index is 685. The topological polar surface area (TPSA) is 113 Å². The van der Waals surface area contributed by atoms with Gasteiger partial charge in [0.2, 0.25) is 5.91 Å². The molecule has 0 aliphatic carbocycles. The minimum atomic E-state index is -4.00. The van der Waals surface area contributed by atoms with Crippen LogP contribution in [0.1, 0.15) is 12.5 Å². The number of rotatable bonds is 5. The Morgan fingerprint density at radius 2 is 2.14 bits per heavy atom. The van der Waals surface area contributed by atoms with Crippen LogP contribution in [0.25, 0.3) is 0 Å². The number of carbonyl (C=O) groups is 2. The molecule has 21 heavy (non-hydrogen) atoms. The molecule has 1 aliphatic heterocycles. The van der Waals surface area contributed by atoms with Crippen molar-refractivity contribution in [3.63, 3.8) is 0 Å². The maximum Gasteiger partial charge on any atom is 0.331 e. The molecule has 9 heteroatoms. The molecule has 1 aliphatic rings. The zero-order chi connectivity index (χ0) is 15.6. The van der Waals surface area contributed by atoms with Crippen LogP contribution in [0.3, 0.4) is 0 Å². The van der Waals surface area contributed by atoms with Crippen molar-refractivity contribution in [3.05, 3.63) is 23.8 Å². The van der Waals surface area contributed by atoms with Crippen molar-refractivity contribution in [1.29, 1.82) is 0 Å². The smallest absolute Gasteiger partial charge is 0.331 e. The lowest BCUT2D eigenvalue weighted by atomic mass is 10.2. The molecular formula is C12H14N2O6S. The van der Waals surface area contributed by atoms with Crippen LogP contribution in [0, 0.1) is 0 Å². The van der Waals surface area contributed by atoms with Crippen LogP contribution >= 0.6 is 0 Å². The molecule has 8 nitrogen and oxygen atoms in total. The van der Waals surface area contributed by atoms with Crippen molar-refractivity contribution in [2.45, 2.75) is 18.2 Å². The Morgan fingerprint density at radius 3 is 2.76 bits per heavy atom. The summed E-state index contributed by atoms with van der Waals surface area (Å²) >= 11 is 0. The molecular weight excluding hydrogens is 300 g/mol. The van der Waals surface area contributed by atoms with Gasteiger partial charge >= 0.3 is 5.97 Å². The Morgan fingerprint density at radius 1 is 1.43 bits per heavy atom. The van der Waals surface area contributed by atoms with Gasteiger partial charge in [-0.25, -0.2) is 13.2 Å². The van der Waals surface area contributed by atoms with E-state index in [0.717, 1.165) is 5.56 Å². The van der Waals surface area contributed by atoms with E-state index in [9.17, 15) is 18.0 Å². The van der Waals surface area contributed by atoms with Crippen molar-refractivity contribution in [1.82, 2.24) is 4.89 Å². The molecule has 0 saturated carbocycles. The molecule has 1 heterocycles. The number of hydrogen-bond acceptors (Lipinski definition) is 5. The first-order chi connectivity index (χ1) is 9.81. The highest BCUT2D eigenvalue weighted by atomic mass is 32.2. The summed E-state index contributed by atoms with van der Waals surface area (Å²) < 4.78 is 23.9. The minimum Gasteiger partial charge on any atom is -0.479 e. The SMILES string of the molecule is CC(=O)N1CCc2ccc(S(=O)(=O)NOCC(=O)O)cc21. The van der Waals surface area contributed by atoms with Gasteiger partial charge in [-0.15, -0.1) is 0 Å². The highest BCUT2D eigenvalue weighted by Crippen LogP contribution is 2.30.